The first-order valence-electron chi connectivity index (χ1n) is 8.85. The van der Waals surface area contributed by atoms with Gasteiger partial charge in [0.1, 0.15) is 17.3 Å². The maximum absolute atomic E-state index is 12.8. The smallest absolute Gasteiger partial charge is 0.306 e. The molecule has 0 N–H and O–H groups in total. The molecule has 0 saturated heterocycles. The van der Waals surface area contributed by atoms with Crippen molar-refractivity contribution in [3.8, 4) is 11.5 Å². The van der Waals surface area contributed by atoms with Gasteiger partial charge < -0.3 is 18.2 Å². The van der Waals surface area contributed by atoms with Crippen molar-refractivity contribution in [2.45, 2.75) is 13.1 Å². The Labute approximate surface area is 169 Å². The van der Waals surface area contributed by atoms with Crippen LogP contribution < -0.4 is 8.92 Å². The topological polar surface area (TPSA) is 86.1 Å². The molecular formula is C21H21NO6S. The number of rotatable bonds is 9. The lowest BCUT2D eigenvalue weighted by Crippen LogP contribution is -2.34. The van der Waals surface area contributed by atoms with E-state index in [0.717, 1.165) is 6.26 Å². The molecule has 0 spiro atoms. The number of hydrogen-bond donors (Lipinski definition) is 0. The lowest BCUT2D eigenvalue weighted by Gasteiger charge is -2.22. The zero-order valence-electron chi connectivity index (χ0n) is 15.9. The zero-order valence-corrected chi connectivity index (χ0v) is 16.7. The van der Waals surface area contributed by atoms with Crippen LogP contribution >= 0.6 is 0 Å². The fourth-order valence-corrected chi connectivity index (χ4v) is 3.12. The maximum atomic E-state index is 12.8. The molecule has 0 aliphatic heterocycles. The van der Waals surface area contributed by atoms with Gasteiger partial charge in [-0.2, -0.15) is 8.42 Å². The van der Waals surface area contributed by atoms with Crippen LogP contribution in [0, 0.1) is 0 Å². The van der Waals surface area contributed by atoms with Crippen LogP contribution in [0.25, 0.3) is 0 Å². The van der Waals surface area contributed by atoms with E-state index >= 15 is 0 Å². The van der Waals surface area contributed by atoms with Crippen molar-refractivity contribution in [2.24, 2.45) is 0 Å². The van der Waals surface area contributed by atoms with E-state index in [1.54, 1.807) is 59.7 Å². The number of benzene rings is 2. The highest BCUT2D eigenvalue weighted by Crippen LogP contribution is 2.18. The van der Waals surface area contributed by atoms with Crippen LogP contribution in [0.3, 0.4) is 0 Å². The predicted molar refractivity (Wildman–Crippen MR) is 107 cm³/mol. The second-order valence-corrected chi connectivity index (χ2v) is 7.94. The molecule has 3 aromatic rings. The van der Waals surface area contributed by atoms with E-state index in [0.29, 0.717) is 17.1 Å². The normalized spacial score (nSPS) is 11.1. The number of hydrogen-bond acceptors (Lipinski definition) is 6. The van der Waals surface area contributed by atoms with Gasteiger partial charge in [-0.25, -0.2) is 0 Å². The van der Waals surface area contributed by atoms with Gasteiger partial charge in [0.15, 0.2) is 6.61 Å². The average Bonchev–Trinajstić information content (AvgIpc) is 3.18. The molecule has 2 aromatic carbocycles. The highest BCUT2D eigenvalue weighted by Gasteiger charge is 2.17. The van der Waals surface area contributed by atoms with Crippen LogP contribution in [-0.4, -0.2) is 32.1 Å². The molecule has 0 unspecified atom stereocenters. The maximum Gasteiger partial charge on any atom is 0.306 e. The van der Waals surface area contributed by atoms with E-state index in [9.17, 15) is 13.2 Å². The molecule has 29 heavy (non-hydrogen) atoms. The lowest BCUT2D eigenvalue weighted by atomic mass is 10.2. The quantitative estimate of drug-likeness (QED) is 0.499. The summed E-state index contributed by atoms with van der Waals surface area (Å²) < 4.78 is 38.6. The van der Waals surface area contributed by atoms with Crippen molar-refractivity contribution in [3.05, 3.63) is 84.3 Å². The highest BCUT2D eigenvalue weighted by atomic mass is 32.2. The first-order valence-corrected chi connectivity index (χ1v) is 10.7. The SMILES string of the molecule is CS(=O)(=O)Oc1cccc(CN(Cc2ccco2)C(=O)COc2ccccc2)c1. The number of carbonyl (C=O) groups is 1. The van der Waals surface area contributed by atoms with Gasteiger partial charge in [0, 0.05) is 6.54 Å². The molecule has 7 nitrogen and oxygen atoms in total. The molecule has 3 rings (SSSR count). The number of furan rings is 1. The van der Waals surface area contributed by atoms with E-state index in [4.69, 9.17) is 13.3 Å². The number of nitrogens with zero attached hydrogens (tertiary/aromatic N) is 1. The van der Waals surface area contributed by atoms with Crippen LogP contribution in [0.4, 0.5) is 0 Å². The summed E-state index contributed by atoms with van der Waals surface area (Å²) in [5.41, 5.74) is 0.714. The molecule has 8 heteroatoms. The summed E-state index contributed by atoms with van der Waals surface area (Å²) in [6.45, 7) is 0.351. The Kier molecular flexibility index (Phi) is 6.56. The largest absolute Gasteiger partial charge is 0.484 e. The van der Waals surface area contributed by atoms with Crippen molar-refractivity contribution < 1.29 is 26.5 Å². The van der Waals surface area contributed by atoms with Gasteiger partial charge in [-0.05, 0) is 42.0 Å². The molecule has 0 saturated carbocycles. The lowest BCUT2D eigenvalue weighted by molar-refractivity contribution is -0.134. The van der Waals surface area contributed by atoms with Gasteiger partial charge >= 0.3 is 10.1 Å². The number of amides is 1. The minimum atomic E-state index is -3.63. The van der Waals surface area contributed by atoms with Crippen LogP contribution in [-0.2, 0) is 28.0 Å². The molecule has 152 valence electrons. The molecule has 1 aromatic heterocycles. The van der Waals surface area contributed by atoms with Crippen molar-refractivity contribution in [1.29, 1.82) is 0 Å². The molecule has 0 atom stereocenters. The van der Waals surface area contributed by atoms with Gasteiger partial charge in [0.2, 0.25) is 0 Å². The summed E-state index contributed by atoms with van der Waals surface area (Å²) in [5.74, 6) is 1.18. The summed E-state index contributed by atoms with van der Waals surface area (Å²) >= 11 is 0. The van der Waals surface area contributed by atoms with Gasteiger partial charge in [0.25, 0.3) is 5.91 Å². The van der Waals surface area contributed by atoms with E-state index in [2.05, 4.69) is 0 Å². The molecule has 0 radical (unpaired) electrons. The van der Waals surface area contributed by atoms with Crippen molar-refractivity contribution >= 4 is 16.0 Å². The second-order valence-electron chi connectivity index (χ2n) is 6.37. The highest BCUT2D eigenvalue weighted by molar-refractivity contribution is 7.86. The monoisotopic (exact) mass is 415 g/mol. The van der Waals surface area contributed by atoms with Gasteiger partial charge in [-0.15, -0.1) is 0 Å². The molecule has 0 bridgehead atoms. The first kappa shape index (κ1) is 20.5. The Morgan fingerprint density at radius 1 is 0.966 bits per heavy atom. The standard InChI is InChI=1S/C21H21NO6S/c1-29(24,25)28-19-10-5-7-17(13-19)14-22(15-20-11-6-12-26-20)21(23)16-27-18-8-3-2-4-9-18/h2-13H,14-16H2,1H3. The third kappa shape index (κ3) is 6.69. The minimum absolute atomic E-state index is 0.135. The Morgan fingerprint density at radius 2 is 1.72 bits per heavy atom. The summed E-state index contributed by atoms with van der Waals surface area (Å²) in [6.07, 6.45) is 2.52. The average molecular weight is 415 g/mol. The molecule has 0 aliphatic carbocycles. The predicted octanol–water partition coefficient (Wildman–Crippen LogP) is 3.23. The molecule has 1 heterocycles. The van der Waals surface area contributed by atoms with E-state index < -0.39 is 10.1 Å². The second kappa shape index (κ2) is 9.29. The first-order chi connectivity index (χ1) is 13.9. The fraction of sp³-hybridized carbons (Fsp3) is 0.190. The Hall–Kier alpha value is -3.26. The zero-order chi connectivity index (χ0) is 20.7. The van der Waals surface area contributed by atoms with Crippen molar-refractivity contribution in [3.63, 3.8) is 0 Å². The van der Waals surface area contributed by atoms with Gasteiger partial charge in [-0.1, -0.05) is 30.3 Å². The molecule has 0 fully saturated rings. The van der Waals surface area contributed by atoms with Crippen molar-refractivity contribution in [2.75, 3.05) is 12.9 Å². The summed E-state index contributed by atoms with van der Waals surface area (Å²) in [7, 11) is -3.63. The number of ether oxygens (including phenoxy) is 1. The van der Waals surface area contributed by atoms with Crippen LogP contribution in [0.5, 0.6) is 11.5 Å². The Morgan fingerprint density at radius 3 is 2.41 bits per heavy atom. The van der Waals surface area contributed by atoms with Crippen LogP contribution in [0.2, 0.25) is 0 Å². The van der Waals surface area contributed by atoms with Crippen molar-refractivity contribution in [1.82, 2.24) is 4.90 Å². The van der Waals surface area contributed by atoms with E-state index in [1.165, 1.54) is 0 Å². The molecular weight excluding hydrogens is 394 g/mol. The molecule has 0 aliphatic rings. The van der Waals surface area contributed by atoms with Gasteiger partial charge in [0.05, 0.1) is 19.1 Å². The molecule has 1 amide bonds. The Bertz CT molecular complexity index is 1030. The summed E-state index contributed by atoms with van der Waals surface area (Å²) in [4.78, 5) is 14.4. The Balaban J connectivity index is 1.73. The number of para-hydroxylation sites is 1. The number of carbonyl (C=O) groups excluding carboxylic acids is 1. The summed E-state index contributed by atoms with van der Waals surface area (Å²) in [6, 6.07) is 19.2. The van der Waals surface area contributed by atoms with Crippen LogP contribution in [0.1, 0.15) is 11.3 Å². The van der Waals surface area contributed by atoms with E-state index in [-0.39, 0.29) is 31.4 Å². The summed E-state index contributed by atoms with van der Waals surface area (Å²) in [5, 5.41) is 0. The third-order valence-corrected chi connectivity index (χ3v) is 4.40. The fourth-order valence-electron chi connectivity index (χ4n) is 2.67. The van der Waals surface area contributed by atoms with E-state index in [1.807, 2.05) is 18.2 Å². The third-order valence-electron chi connectivity index (χ3n) is 3.90. The van der Waals surface area contributed by atoms with Crippen LogP contribution in [0.15, 0.2) is 77.4 Å². The minimum Gasteiger partial charge on any atom is -0.484 e. The van der Waals surface area contributed by atoms with Gasteiger partial charge in [-0.3, -0.25) is 4.79 Å².